The molecule has 2 aliphatic heterocycles. The third-order valence-corrected chi connectivity index (χ3v) is 20.5. The van der Waals surface area contributed by atoms with E-state index in [-0.39, 0.29) is 0 Å². The number of rotatable bonds is 20. The Bertz CT molecular complexity index is 1350. The molecule has 1 radical (unpaired) electrons. The molecule has 2 N–H and O–H groups in total. The molecule has 2 heterocycles. The van der Waals surface area contributed by atoms with Crippen LogP contribution in [-0.2, 0) is 61.9 Å². The molecule has 0 amide bonds. The van der Waals surface area contributed by atoms with Crippen LogP contribution in [0.15, 0.2) is 30.3 Å². The standard InChI is InChI=1S/C28H36O15Se.3C4H9.Sn/c1-13(30)36-12-20-22(37-14(2)31)24(38-15(3)32)25(39-16(4)33)27(41-20)43-23-21(35)19(11-29)42-28(26(23)40-17(5)34)44-18-9-7-6-8-10-18;3*1-3-4-2;/h6-10,19-29,35H,11-12H2,1-5H3;3*1,3-4H2,2H3;/t19-,20-,21-,22-,23+,24+,25-,26-,27+,28+;;;;/m1..../s1. The number of benzene rings is 1. The summed E-state index contributed by atoms with van der Waals surface area (Å²) in [5.41, 5.74) is 0. The van der Waals surface area contributed by atoms with E-state index in [2.05, 4.69) is 20.8 Å². The van der Waals surface area contributed by atoms with Crippen molar-refractivity contribution in [2.45, 2.75) is 167 Å². The fourth-order valence-electron chi connectivity index (χ4n) is 6.35. The Hall–Kier alpha value is -2.31. The Morgan fingerprint density at radius 3 is 1.61 bits per heavy atom. The van der Waals surface area contributed by atoms with E-state index in [1.165, 1.54) is 38.5 Å². The summed E-state index contributed by atoms with van der Waals surface area (Å²) in [4.78, 5) is 60.2. The van der Waals surface area contributed by atoms with Crippen LogP contribution in [-0.4, -0.2) is 148 Å². The average Bonchev–Trinajstić information content (AvgIpc) is 3.15. The van der Waals surface area contributed by atoms with Gasteiger partial charge in [0.15, 0.2) is 0 Å². The zero-order chi connectivity index (χ0) is 42.5. The minimum atomic E-state index is -1.67. The second kappa shape index (κ2) is 27.4. The van der Waals surface area contributed by atoms with Gasteiger partial charge >= 0.3 is 352 Å². The van der Waals surface area contributed by atoms with Gasteiger partial charge in [0.2, 0.25) is 0 Å². The van der Waals surface area contributed by atoms with Gasteiger partial charge in [0.05, 0.1) is 0 Å². The Labute approximate surface area is 350 Å². The van der Waals surface area contributed by atoms with Gasteiger partial charge in [-0.15, -0.1) is 0 Å². The van der Waals surface area contributed by atoms with E-state index in [1.807, 2.05) is 30.3 Å². The topological polar surface area (TPSA) is 200 Å². The Balaban J connectivity index is 0.000000737. The van der Waals surface area contributed by atoms with E-state index in [9.17, 15) is 34.2 Å². The van der Waals surface area contributed by atoms with Gasteiger partial charge in [-0.05, 0) is 0 Å². The normalized spacial score (nSPS) is 27.0. The van der Waals surface area contributed by atoms with Gasteiger partial charge in [-0.2, -0.15) is 0 Å². The maximum absolute atomic E-state index is 12.2. The second-order valence-electron chi connectivity index (χ2n) is 14.0. The van der Waals surface area contributed by atoms with Crippen LogP contribution >= 0.6 is 0 Å². The second-order valence-corrected chi connectivity index (χ2v) is 25.0. The van der Waals surface area contributed by atoms with Crippen molar-refractivity contribution in [2.75, 3.05) is 13.2 Å². The van der Waals surface area contributed by atoms with Crippen LogP contribution in [0.5, 0.6) is 0 Å². The molecule has 1 aromatic rings. The van der Waals surface area contributed by atoms with E-state index >= 15 is 0 Å². The summed E-state index contributed by atoms with van der Waals surface area (Å²) in [5.74, 6) is -3.93. The van der Waals surface area contributed by atoms with Gasteiger partial charge in [0.25, 0.3) is 0 Å². The zero-order valence-corrected chi connectivity index (χ0v) is 39.1. The molecule has 0 aromatic heterocycles. The number of hydrogen-bond donors (Lipinski definition) is 2. The predicted molar refractivity (Wildman–Crippen MR) is 211 cm³/mol. The van der Waals surface area contributed by atoms with Crippen molar-refractivity contribution in [1.82, 2.24) is 0 Å². The summed E-state index contributed by atoms with van der Waals surface area (Å²) >= 11 is -1.37. The number of aliphatic hydroxyl groups is 2. The average molecular weight is 982 g/mol. The predicted octanol–water partition coefficient (Wildman–Crippen LogP) is 3.38. The molecule has 0 saturated carbocycles. The number of hydrogen-bond acceptors (Lipinski definition) is 15. The van der Waals surface area contributed by atoms with Gasteiger partial charge in [0, 0.05) is 0 Å². The van der Waals surface area contributed by atoms with Crippen LogP contribution < -0.4 is 4.46 Å². The molecule has 1 aromatic carbocycles. The Morgan fingerprint density at radius 1 is 0.649 bits per heavy atom. The summed E-state index contributed by atoms with van der Waals surface area (Å²) in [6.45, 7) is 11.4. The first kappa shape index (κ1) is 50.8. The fourth-order valence-corrected chi connectivity index (χ4v) is 18.2. The number of carbonyl (C=O) groups is 5. The van der Waals surface area contributed by atoms with Crippen LogP contribution in [0.4, 0.5) is 0 Å². The van der Waals surface area contributed by atoms with Crippen molar-refractivity contribution in [2.24, 2.45) is 0 Å². The molecule has 323 valence electrons. The number of carbonyl (C=O) groups excluding carboxylic acids is 5. The van der Waals surface area contributed by atoms with Crippen LogP contribution in [0.2, 0.25) is 13.3 Å². The summed E-state index contributed by atoms with van der Waals surface area (Å²) in [6, 6.07) is 9.11. The molecule has 0 bridgehead atoms. The van der Waals surface area contributed by atoms with Crippen LogP contribution in [0.25, 0.3) is 0 Å². The summed E-state index contributed by atoms with van der Waals surface area (Å²) < 4.78 is 50.9. The maximum atomic E-state index is 12.2. The molecule has 2 fully saturated rings. The van der Waals surface area contributed by atoms with Crippen LogP contribution in [0, 0.1) is 0 Å². The molecule has 0 spiro atoms. The molecule has 2 saturated heterocycles. The molecule has 2 aliphatic rings. The summed E-state index contributed by atoms with van der Waals surface area (Å²) in [7, 11) is 0. The van der Waals surface area contributed by atoms with E-state index in [1.54, 1.807) is 13.3 Å². The van der Waals surface area contributed by atoms with E-state index in [4.69, 9.17) is 37.9 Å². The number of aliphatic hydroxyl groups excluding tert-OH is 2. The fraction of sp³-hybridized carbons (Fsp3) is 0.725. The first-order chi connectivity index (χ1) is 27.1. The minimum absolute atomic E-state index is 0.500. The van der Waals surface area contributed by atoms with Crippen molar-refractivity contribution in [3.8, 4) is 0 Å². The molecule has 3 rings (SSSR count). The summed E-state index contributed by atoms with van der Waals surface area (Å²) in [6.07, 6.45) is -4.16. The summed E-state index contributed by atoms with van der Waals surface area (Å²) in [5, 5.41) is 20.4. The van der Waals surface area contributed by atoms with Crippen molar-refractivity contribution in [3.63, 3.8) is 0 Å². The molecular weight excluding hydrogens is 918 g/mol. The van der Waals surface area contributed by atoms with E-state index in [0.717, 1.165) is 39.1 Å². The molecule has 57 heavy (non-hydrogen) atoms. The van der Waals surface area contributed by atoms with Crippen molar-refractivity contribution in [3.05, 3.63) is 30.3 Å². The number of esters is 5. The molecular formula is C40H63O15SeSn. The van der Waals surface area contributed by atoms with E-state index in [0.29, 0.717) is 0 Å². The van der Waals surface area contributed by atoms with Crippen molar-refractivity contribution in [1.29, 1.82) is 0 Å². The van der Waals surface area contributed by atoms with Gasteiger partial charge < -0.3 is 0 Å². The quantitative estimate of drug-likeness (QED) is 0.109. The monoisotopic (exact) mass is 983 g/mol. The molecule has 0 aliphatic carbocycles. The molecule has 15 nitrogen and oxygen atoms in total. The zero-order valence-electron chi connectivity index (χ0n) is 34.5. The SMILES string of the molecule is CC(=O)OC[C@H]1O[C@@H](O[C@H]2[C@H](O)[C@@H](CO)O[C@@H]([Se]c3ccccc3)[C@@H]2OC(C)=O)[C@H](OC(C)=O)[C@@H](OC(C)=O)[C@@H]1OC(C)=O.CCC[CH2][Sn]([CH2]CCC)[CH2]CCC. The third kappa shape index (κ3) is 18.2. The van der Waals surface area contributed by atoms with Crippen molar-refractivity contribution >= 4 is 69.0 Å². The Morgan fingerprint density at radius 2 is 1.14 bits per heavy atom. The number of ether oxygens (including phenoxy) is 8. The van der Waals surface area contributed by atoms with Gasteiger partial charge in [0.1, 0.15) is 0 Å². The van der Waals surface area contributed by atoms with Gasteiger partial charge in [-0.1, -0.05) is 0 Å². The van der Waals surface area contributed by atoms with Gasteiger partial charge in [-0.25, -0.2) is 0 Å². The third-order valence-electron chi connectivity index (χ3n) is 8.99. The first-order valence-corrected chi connectivity index (χ1v) is 27.7. The Kier molecular flexibility index (Phi) is 24.5. The molecule has 17 heteroatoms. The molecule has 10 atom stereocenters. The van der Waals surface area contributed by atoms with Gasteiger partial charge in [-0.3, -0.25) is 0 Å². The number of unbranched alkanes of at least 4 members (excludes halogenated alkanes) is 3. The first-order valence-electron chi connectivity index (χ1n) is 19.8. The van der Waals surface area contributed by atoms with Crippen LogP contribution in [0.3, 0.4) is 0 Å². The van der Waals surface area contributed by atoms with E-state index < -0.39 is 138 Å². The van der Waals surface area contributed by atoms with Crippen LogP contribution in [0.1, 0.15) is 93.9 Å². The molecule has 0 unspecified atom stereocenters. The van der Waals surface area contributed by atoms with Crippen molar-refractivity contribution < 1.29 is 72.1 Å².